The number of ether oxygens (including phenoxy) is 2. The Bertz CT molecular complexity index is 272. The van der Waals surface area contributed by atoms with Crippen molar-refractivity contribution < 1.29 is 9.47 Å². The van der Waals surface area contributed by atoms with Crippen LogP contribution in [0.15, 0.2) is 6.33 Å². The summed E-state index contributed by atoms with van der Waals surface area (Å²) in [6.07, 6.45) is 1.46. The van der Waals surface area contributed by atoms with Crippen molar-refractivity contribution in [2.45, 2.75) is 0 Å². The third kappa shape index (κ3) is 4.85. The van der Waals surface area contributed by atoms with E-state index in [9.17, 15) is 0 Å². The lowest BCUT2D eigenvalue weighted by Crippen LogP contribution is -2.14. The first-order valence-electron chi connectivity index (χ1n) is 5.01. The van der Waals surface area contributed by atoms with E-state index in [0.717, 1.165) is 0 Å². The van der Waals surface area contributed by atoms with Crippen LogP contribution < -0.4 is 10.6 Å². The molecule has 0 fully saturated rings. The average molecular weight is 227 g/mol. The molecule has 0 radical (unpaired) electrons. The molecule has 0 aliphatic rings. The van der Waals surface area contributed by atoms with Crippen LogP contribution in [0.4, 0.5) is 11.9 Å². The minimum atomic E-state index is 0.534. The van der Waals surface area contributed by atoms with Gasteiger partial charge in [-0.1, -0.05) is 0 Å². The number of nitrogens with one attached hydrogen (secondary N) is 2. The number of nitrogens with zero attached hydrogens (tertiary/aromatic N) is 3. The van der Waals surface area contributed by atoms with Crippen molar-refractivity contribution in [2.75, 3.05) is 51.2 Å². The lowest BCUT2D eigenvalue weighted by molar-refractivity contribution is 0.210. The highest BCUT2D eigenvalue weighted by molar-refractivity contribution is 5.32. The summed E-state index contributed by atoms with van der Waals surface area (Å²) in [4.78, 5) is 12.1. The van der Waals surface area contributed by atoms with E-state index in [1.54, 1.807) is 14.2 Å². The fourth-order valence-electron chi connectivity index (χ4n) is 0.996. The van der Waals surface area contributed by atoms with Crippen LogP contribution in [-0.4, -0.2) is 55.5 Å². The van der Waals surface area contributed by atoms with Gasteiger partial charge in [-0.2, -0.15) is 4.98 Å². The molecule has 0 aromatic carbocycles. The zero-order valence-electron chi connectivity index (χ0n) is 9.56. The summed E-state index contributed by atoms with van der Waals surface area (Å²) in [5, 5.41) is 6.04. The highest BCUT2D eigenvalue weighted by atomic mass is 16.5. The topological polar surface area (TPSA) is 81.2 Å². The molecule has 0 bridgehead atoms. The maximum atomic E-state index is 4.91. The van der Waals surface area contributed by atoms with Gasteiger partial charge in [0.1, 0.15) is 6.33 Å². The zero-order valence-corrected chi connectivity index (χ0v) is 9.56. The fourth-order valence-corrected chi connectivity index (χ4v) is 0.996. The molecule has 0 amide bonds. The SMILES string of the molecule is COCCNc1ncnc(NCCOC)n1. The van der Waals surface area contributed by atoms with E-state index in [1.165, 1.54) is 6.33 Å². The van der Waals surface area contributed by atoms with Crippen molar-refractivity contribution in [3.8, 4) is 0 Å². The van der Waals surface area contributed by atoms with Crippen LogP contribution in [0.5, 0.6) is 0 Å². The zero-order chi connectivity index (χ0) is 11.6. The van der Waals surface area contributed by atoms with E-state index in [2.05, 4.69) is 25.6 Å². The summed E-state index contributed by atoms with van der Waals surface area (Å²) in [5.41, 5.74) is 0. The molecular formula is C9H17N5O2. The van der Waals surface area contributed by atoms with E-state index in [0.29, 0.717) is 38.2 Å². The molecule has 1 aromatic heterocycles. The van der Waals surface area contributed by atoms with Crippen LogP contribution in [0.25, 0.3) is 0 Å². The van der Waals surface area contributed by atoms with Gasteiger partial charge < -0.3 is 20.1 Å². The Morgan fingerprint density at radius 2 is 1.50 bits per heavy atom. The quantitative estimate of drug-likeness (QED) is 0.604. The molecule has 2 N–H and O–H groups in total. The van der Waals surface area contributed by atoms with Gasteiger partial charge in [-0.25, -0.2) is 9.97 Å². The maximum absolute atomic E-state index is 4.91. The Hall–Kier alpha value is -1.47. The van der Waals surface area contributed by atoms with E-state index >= 15 is 0 Å². The summed E-state index contributed by atoms with van der Waals surface area (Å²) >= 11 is 0. The van der Waals surface area contributed by atoms with Crippen LogP contribution in [0.2, 0.25) is 0 Å². The first-order chi connectivity index (χ1) is 7.86. The van der Waals surface area contributed by atoms with Gasteiger partial charge in [0.25, 0.3) is 0 Å². The van der Waals surface area contributed by atoms with Gasteiger partial charge in [0.2, 0.25) is 11.9 Å². The Morgan fingerprint density at radius 3 is 1.94 bits per heavy atom. The number of hydrogen-bond donors (Lipinski definition) is 2. The second-order valence-corrected chi connectivity index (χ2v) is 2.97. The number of anilines is 2. The molecule has 0 saturated carbocycles. The van der Waals surface area contributed by atoms with Crippen LogP contribution in [0, 0.1) is 0 Å². The highest BCUT2D eigenvalue weighted by Gasteiger charge is 1.98. The van der Waals surface area contributed by atoms with E-state index in [1.807, 2.05) is 0 Å². The molecule has 0 saturated heterocycles. The van der Waals surface area contributed by atoms with Gasteiger partial charge in [0, 0.05) is 27.3 Å². The molecule has 0 unspecified atom stereocenters. The molecule has 16 heavy (non-hydrogen) atoms. The minimum Gasteiger partial charge on any atom is -0.383 e. The van der Waals surface area contributed by atoms with Gasteiger partial charge in [0.05, 0.1) is 13.2 Å². The normalized spacial score (nSPS) is 10.1. The number of hydrogen-bond acceptors (Lipinski definition) is 7. The molecule has 7 heteroatoms. The Morgan fingerprint density at radius 1 is 1.00 bits per heavy atom. The van der Waals surface area contributed by atoms with E-state index in [-0.39, 0.29) is 0 Å². The molecule has 1 aromatic rings. The number of methoxy groups -OCH3 is 2. The number of rotatable bonds is 8. The predicted molar refractivity (Wildman–Crippen MR) is 60.6 cm³/mol. The lowest BCUT2D eigenvalue weighted by Gasteiger charge is -2.06. The van der Waals surface area contributed by atoms with Crippen LogP contribution in [0.3, 0.4) is 0 Å². The van der Waals surface area contributed by atoms with Crippen molar-refractivity contribution in [1.82, 2.24) is 15.0 Å². The molecule has 0 aliphatic heterocycles. The van der Waals surface area contributed by atoms with E-state index in [4.69, 9.17) is 9.47 Å². The summed E-state index contributed by atoms with van der Waals surface area (Å²) < 4.78 is 9.81. The molecule has 7 nitrogen and oxygen atoms in total. The number of aromatic nitrogens is 3. The monoisotopic (exact) mass is 227 g/mol. The third-order valence-corrected chi connectivity index (χ3v) is 1.75. The van der Waals surface area contributed by atoms with Crippen molar-refractivity contribution >= 4 is 11.9 Å². The molecule has 1 heterocycles. The first-order valence-corrected chi connectivity index (χ1v) is 5.01. The third-order valence-electron chi connectivity index (χ3n) is 1.75. The Kier molecular flexibility index (Phi) is 6.12. The molecule has 90 valence electrons. The van der Waals surface area contributed by atoms with Crippen molar-refractivity contribution in [1.29, 1.82) is 0 Å². The van der Waals surface area contributed by atoms with Crippen LogP contribution in [-0.2, 0) is 9.47 Å². The second kappa shape index (κ2) is 7.77. The standard InChI is InChI=1S/C9H17N5O2/c1-15-5-3-10-8-12-7-13-9(14-8)11-4-6-16-2/h7H,3-6H2,1-2H3,(H2,10,11,12,13,14). The maximum Gasteiger partial charge on any atom is 0.227 e. The summed E-state index contributed by atoms with van der Waals surface area (Å²) in [7, 11) is 3.29. The lowest BCUT2D eigenvalue weighted by atomic mass is 10.6. The Balaban J connectivity index is 2.37. The summed E-state index contributed by atoms with van der Waals surface area (Å²) in [6.45, 7) is 2.55. The minimum absolute atomic E-state index is 0.534. The van der Waals surface area contributed by atoms with Crippen LogP contribution in [0.1, 0.15) is 0 Å². The van der Waals surface area contributed by atoms with Crippen molar-refractivity contribution in [2.24, 2.45) is 0 Å². The smallest absolute Gasteiger partial charge is 0.227 e. The molecule has 0 aliphatic carbocycles. The summed E-state index contributed by atoms with van der Waals surface area (Å²) in [6, 6.07) is 0. The van der Waals surface area contributed by atoms with Gasteiger partial charge in [-0.15, -0.1) is 0 Å². The molecule has 1 rings (SSSR count). The largest absolute Gasteiger partial charge is 0.383 e. The van der Waals surface area contributed by atoms with Gasteiger partial charge in [-0.3, -0.25) is 0 Å². The first kappa shape index (κ1) is 12.6. The fraction of sp³-hybridized carbons (Fsp3) is 0.667. The van der Waals surface area contributed by atoms with E-state index < -0.39 is 0 Å². The predicted octanol–water partition coefficient (Wildman–Crippen LogP) is -0.0118. The van der Waals surface area contributed by atoms with Crippen LogP contribution >= 0.6 is 0 Å². The van der Waals surface area contributed by atoms with Crippen molar-refractivity contribution in [3.63, 3.8) is 0 Å². The molecule has 0 spiro atoms. The van der Waals surface area contributed by atoms with Gasteiger partial charge >= 0.3 is 0 Å². The molecule has 0 atom stereocenters. The molecular weight excluding hydrogens is 210 g/mol. The van der Waals surface area contributed by atoms with Gasteiger partial charge in [0.15, 0.2) is 0 Å². The average Bonchev–Trinajstić information content (AvgIpc) is 2.30. The van der Waals surface area contributed by atoms with Crippen molar-refractivity contribution in [3.05, 3.63) is 6.33 Å². The Labute approximate surface area is 94.6 Å². The second-order valence-electron chi connectivity index (χ2n) is 2.97. The summed E-state index contributed by atoms with van der Waals surface area (Å²) in [5.74, 6) is 1.07. The highest BCUT2D eigenvalue weighted by Crippen LogP contribution is 2.00. The van der Waals surface area contributed by atoms with Gasteiger partial charge in [-0.05, 0) is 0 Å².